The van der Waals surface area contributed by atoms with Gasteiger partial charge in [-0.15, -0.1) is 5.10 Å². The lowest BCUT2D eigenvalue weighted by Gasteiger charge is -2.23. The Morgan fingerprint density at radius 3 is 2.47 bits per heavy atom. The summed E-state index contributed by atoms with van der Waals surface area (Å²) in [5.74, 6) is -1.29. The minimum Gasteiger partial charge on any atom is -0.444 e. The molecule has 0 unspecified atom stereocenters. The first kappa shape index (κ1) is 35.3. The Balaban J connectivity index is 1.55. The molecule has 0 fully saturated rings. The second-order valence-corrected chi connectivity index (χ2v) is 11.7. The summed E-state index contributed by atoms with van der Waals surface area (Å²) in [7, 11) is 1.41. The molecule has 0 aliphatic heterocycles. The molecule has 0 bridgehead atoms. The van der Waals surface area contributed by atoms with Crippen molar-refractivity contribution in [2.75, 3.05) is 6.61 Å². The molecular formula is C34H48N6O5. The van der Waals surface area contributed by atoms with E-state index >= 15 is 0 Å². The first-order valence-electron chi connectivity index (χ1n) is 16.2. The fraction of sp³-hybridized carbons (Fsp3) is 0.559. The summed E-state index contributed by atoms with van der Waals surface area (Å²) >= 11 is 0. The highest BCUT2D eigenvalue weighted by molar-refractivity contribution is 6.16. The van der Waals surface area contributed by atoms with Gasteiger partial charge in [0.05, 0.1) is 0 Å². The zero-order chi connectivity index (χ0) is 32.6. The van der Waals surface area contributed by atoms with Gasteiger partial charge in [0.25, 0.3) is 5.91 Å². The molecule has 2 heterocycles. The van der Waals surface area contributed by atoms with E-state index in [-0.39, 0.29) is 24.4 Å². The fourth-order valence-electron chi connectivity index (χ4n) is 5.13. The minimum atomic E-state index is -1.07. The number of allylic oxidation sites excluding steroid dienone is 6. The monoisotopic (exact) mass is 620 g/mol. The maximum atomic E-state index is 13.5. The molecule has 0 saturated heterocycles. The summed E-state index contributed by atoms with van der Waals surface area (Å²) in [4.78, 5) is 56.9. The SMILES string of the molecule is C=C(C)[C@@H]1CC=C(COC(=O)N(C(=O)CCCCCCC/C=C\C/C=C\CCCC)C(=O)c2ncn3c(=O)n(C)nnc23)CC1. The third-order valence-electron chi connectivity index (χ3n) is 8.01. The van der Waals surface area contributed by atoms with Crippen molar-refractivity contribution < 1.29 is 19.1 Å². The zero-order valence-corrected chi connectivity index (χ0v) is 27.1. The van der Waals surface area contributed by atoms with E-state index in [4.69, 9.17) is 4.74 Å². The molecule has 1 atom stereocenters. The molecule has 3 amide bonds. The Morgan fingerprint density at radius 1 is 1.07 bits per heavy atom. The number of amides is 3. The lowest BCUT2D eigenvalue weighted by atomic mass is 9.86. The number of carbonyl (C=O) groups is 3. The van der Waals surface area contributed by atoms with Gasteiger partial charge in [-0.2, -0.15) is 9.58 Å². The summed E-state index contributed by atoms with van der Waals surface area (Å²) in [6.45, 7) is 8.21. The normalized spacial score (nSPS) is 15.1. The van der Waals surface area contributed by atoms with Crippen LogP contribution in [-0.2, 0) is 16.6 Å². The Labute approximate surface area is 265 Å². The van der Waals surface area contributed by atoms with Crippen LogP contribution in [0.25, 0.3) is 5.65 Å². The van der Waals surface area contributed by atoms with Crippen LogP contribution in [0, 0.1) is 5.92 Å². The molecule has 0 saturated carbocycles. The lowest BCUT2D eigenvalue weighted by molar-refractivity contribution is -0.127. The zero-order valence-electron chi connectivity index (χ0n) is 27.1. The predicted octanol–water partition coefficient (Wildman–Crippen LogP) is 6.65. The van der Waals surface area contributed by atoms with Crippen molar-refractivity contribution in [2.45, 2.75) is 104 Å². The number of nitrogens with zero attached hydrogens (tertiary/aromatic N) is 6. The molecule has 0 radical (unpaired) electrons. The van der Waals surface area contributed by atoms with Gasteiger partial charge in [-0.1, -0.05) is 86.8 Å². The van der Waals surface area contributed by atoms with Crippen LogP contribution in [0.2, 0.25) is 0 Å². The molecule has 1 aliphatic rings. The lowest BCUT2D eigenvalue weighted by Crippen LogP contribution is -2.43. The summed E-state index contributed by atoms with van der Waals surface area (Å²) in [5.41, 5.74) is 1.01. The van der Waals surface area contributed by atoms with E-state index < -0.39 is 23.6 Å². The average Bonchev–Trinajstić information content (AvgIpc) is 3.47. The number of fused-ring (bicyclic) bond motifs is 1. The van der Waals surface area contributed by atoms with Gasteiger partial charge in [0.2, 0.25) is 5.91 Å². The average molecular weight is 621 g/mol. The smallest absolute Gasteiger partial charge is 0.424 e. The molecule has 11 heteroatoms. The Kier molecular flexibility index (Phi) is 14.6. The molecule has 0 spiro atoms. The van der Waals surface area contributed by atoms with Gasteiger partial charge in [0.15, 0.2) is 11.3 Å². The van der Waals surface area contributed by atoms with E-state index in [2.05, 4.69) is 53.1 Å². The Hall–Kier alpha value is -4.15. The van der Waals surface area contributed by atoms with Gasteiger partial charge >= 0.3 is 11.8 Å². The third kappa shape index (κ3) is 10.8. The van der Waals surface area contributed by atoms with Gasteiger partial charge in [-0.05, 0) is 69.8 Å². The topological polar surface area (TPSA) is 129 Å². The Morgan fingerprint density at radius 2 is 1.78 bits per heavy atom. The first-order chi connectivity index (χ1) is 21.7. The summed E-state index contributed by atoms with van der Waals surface area (Å²) < 4.78 is 7.49. The molecule has 45 heavy (non-hydrogen) atoms. The number of imidazole rings is 1. The quantitative estimate of drug-likeness (QED) is 0.142. The van der Waals surface area contributed by atoms with Gasteiger partial charge in [0, 0.05) is 13.5 Å². The number of aryl methyl sites for hydroxylation is 1. The van der Waals surface area contributed by atoms with Crippen LogP contribution in [0.1, 0.15) is 114 Å². The van der Waals surface area contributed by atoms with E-state index in [1.54, 1.807) is 0 Å². The summed E-state index contributed by atoms with van der Waals surface area (Å²) in [6.07, 6.45) is 23.3. The predicted molar refractivity (Wildman–Crippen MR) is 174 cm³/mol. The molecule has 1 aliphatic carbocycles. The standard InChI is InChI=1S/C34H48N6O5/c1-5-6-7-8-9-10-11-12-13-14-15-16-17-18-19-29(41)40(34(44)45-24-27-20-22-28(23-21-27)26(2)3)32(42)30-31-36-37-38(4)33(43)39(31)25-35-30/h8-9,11-12,20,25,28H,2,5-7,10,13-19,21-24H2,1,3-4H3/b9-8-,12-11-/t28-/m1/s1. The van der Waals surface area contributed by atoms with Gasteiger partial charge < -0.3 is 4.74 Å². The second kappa shape index (κ2) is 18.6. The Bertz CT molecular complexity index is 1470. The van der Waals surface area contributed by atoms with E-state index in [0.29, 0.717) is 17.2 Å². The number of hydrogen-bond donors (Lipinski definition) is 0. The molecule has 2 aromatic rings. The fourth-order valence-corrected chi connectivity index (χ4v) is 5.13. The van der Waals surface area contributed by atoms with Crippen LogP contribution in [-0.4, -0.2) is 53.8 Å². The van der Waals surface area contributed by atoms with Crippen LogP contribution >= 0.6 is 0 Å². The first-order valence-corrected chi connectivity index (χ1v) is 16.2. The van der Waals surface area contributed by atoms with Gasteiger partial charge in [-0.3, -0.25) is 9.59 Å². The van der Waals surface area contributed by atoms with E-state index in [0.717, 1.165) is 90.8 Å². The van der Waals surface area contributed by atoms with Crippen molar-refractivity contribution in [1.82, 2.24) is 29.3 Å². The summed E-state index contributed by atoms with van der Waals surface area (Å²) in [6, 6.07) is 0. The van der Waals surface area contributed by atoms with Crippen molar-refractivity contribution in [3.63, 3.8) is 0 Å². The maximum Gasteiger partial charge on any atom is 0.424 e. The molecule has 244 valence electrons. The van der Waals surface area contributed by atoms with Gasteiger partial charge in [-0.25, -0.2) is 19.0 Å². The van der Waals surface area contributed by atoms with Crippen molar-refractivity contribution in [3.8, 4) is 0 Å². The van der Waals surface area contributed by atoms with E-state index in [9.17, 15) is 19.2 Å². The van der Waals surface area contributed by atoms with Crippen LogP contribution in [0.3, 0.4) is 0 Å². The minimum absolute atomic E-state index is 0.00662. The molecule has 11 nitrogen and oxygen atoms in total. The third-order valence-corrected chi connectivity index (χ3v) is 8.01. The number of imide groups is 3. The number of ether oxygens (including phenoxy) is 1. The number of hydrogen-bond acceptors (Lipinski definition) is 8. The highest BCUT2D eigenvalue weighted by Gasteiger charge is 2.34. The van der Waals surface area contributed by atoms with Crippen LogP contribution in [0.15, 0.2) is 59.2 Å². The molecule has 3 rings (SSSR count). The van der Waals surface area contributed by atoms with Crippen molar-refractivity contribution >= 4 is 23.6 Å². The number of unbranched alkanes of at least 4 members (excludes halogenated alkanes) is 7. The van der Waals surface area contributed by atoms with Crippen LogP contribution < -0.4 is 5.69 Å². The molecule has 0 aromatic carbocycles. The van der Waals surface area contributed by atoms with Crippen molar-refractivity contribution in [2.24, 2.45) is 13.0 Å². The highest BCUT2D eigenvalue weighted by Crippen LogP contribution is 2.28. The number of aromatic nitrogens is 5. The molecular weight excluding hydrogens is 572 g/mol. The maximum absolute atomic E-state index is 13.5. The highest BCUT2D eigenvalue weighted by atomic mass is 16.6. The number of carbonyl (C=O) groups excluding carboxylic acids is 3. The summed E-state index contributed by atoms with van der Waals surface area (Å²) in [5, 5.41) is 7.59. The number of rotatable bonds is 17. The van der Waals surface area contributed by atoms with Crippen LogP contribution in [0.5, 0.6) is 0 Å². The molecule has 0 N–H and O–H groups in total. The van der Waals surface area contributed by atoms with E-state index in [1.165, 1.54) is 19.9 Å². The largest absolute Gasteiger partial charge is 0.444 e. The van der Waals surface area contributed by atoms with Gasteiger partial charge in [0.1, 0.15) is 12.9 Å². The van der Waals surface area contributed by atoms with Crippen molar-refractivity contribution in [3.05, 3.63) is 70.6 Å². The second-order valence-electron chi connectivity index (χ2n) is 11.7. The molecule has 2 aromatic heterocycles. The van der Waals surface area contributed by atoms with Crippen molar-refractivity contribution in [1.29, 1.82) is 0 Å². The van der Waals surface area contributed by atoms with E-state index in [1.807, 2.05) is 13.0 Å². The van der Waals surface area contributed by atoms with Crippen LogP contribution in [0.4, 0.5) is 4.79 Å².